The van der Waals surface area contributed by atoms with E-state index in [1.54, 1.807) is 18.2 Å². The molecule has 0 unspecified atom stereocenters. The molecule has 0 aromatic heterocycles. The number of rotatable bonds is 5. The SMILES string of the molecule is CCCCC#CC#CI(OS(=O)(=O)C(F)(F)F)c1ccccc1. The molecule has 3 nitrogen and oxygen atoms in total. The van der Waals surface area contributed by atoms with E-state index in [0.717, 1.165) is 12.8 Å². The van der Waals surface area contributed by atoms with Crippen molar-refractivity contribution in [2.24, 2.45) is 0 Å². The molecular weight excluding hydrogens is 444 g/mol. The number of halogens is 4. The molecule has 0 N–H and O–H groups in total. The van der Waals surface area contributed by atoms with Gasteiger partial charge in [0.05, 0.1) is 0 Å². The van der Waals surface area contributed by atoms with Crippen molar-refractivity contribution >= 4 is 30.4 Å². The summed E-state index contributed by atoms with van der Waals surface area (Å²) in [7, 11) is -5.68. The standard InChI is InChI=1S/C15H14F3IO3S/c1-2-3-4-5-6-10-13-19(14-11-8-7-9-12-14)22-23(20,21)15(16,17)18/h7-9,11-12H,2-4H2,1H3. The van der Waals surface area contributed by atoms with E-state index in [1.807, 2.05) is 6.92 Å². The average Bonchev–Trinajstić information content (AvgIpc) is 2.49. The molecule has 126 valence electrons. The van der Waals surface area contributed by atoms with Crippen molar-refractivity contribution < 1.29 is 24.1 Å². The zero-order valence-electron chi connectivity index (χ0n) is 12.2. The summed E-state index contributed by atoms with van der Waals surface area (Å²) < 4.78 is 67.0. The van der Waals surface area contributed by atoms with E-state index in [1.165, 1.54) is 12.1 Å². The van der Waals surface area contributed by atoms with Crippen LogP contribution >= 0.6 is 20.2 Å². The number of hydrogen-bond acceptors (Lipinski definition) is 3. The molecule has 1 aromatic rings. The summed E-state index contributed by atoms with van der Waals surface area (Å²) in [6.07, 6.45) is 2.50. The molecule has 0 heterocycles. The predicted octanol–water partition coefficient (Wildman–Crippen LogP) is 4.30. The van der Waals surface area contributed by atoms with Crippen LogP contribution in [-0.2, 0) is 12.6 Å². The fourth-order valence-corrected chi connectivity index (χ4v) is 6.22. The summed E-state index contributed by atoms with van der Waals surface area (Å²) in [5, 5.41) is 0. The third kappa shape index (κ3) is 6.81. The number of alkyl halides is 3. The Hall–Kier alpha value is -1.23. The first kappa shape index (κ1) is 19.8. The maximum absolute atomic E-state index is 12.5. The fraction of sp³-hybridized carbons (Fsp3) is 0.333. The van der Waals surface area contributed by atoms with Crippen LogP contribution in [0.3, 0.4) is 0 Å². The van der Waals surface area contributed by atoms with Crippen LogP contribution in [0.2, 0.25) is 0 Å². The van der Waals surface area contributed by atoms with Crippen molar-refractivity contribution in [1.29, 1.82) is 0 Å². The van der Waals surface area contributed by atoms with Crippen LogP contribution < -0.4 is 0 Å². The molecule has 1 rings (SSSR count). The van der Waals surface area contributed by atoms with E-state index in [0.29, 0.717) is 9.99 Å². The van der Waals surface area contributed by atoms with E-state index in [-0.39, 0.29) is 0 Å². The first-order chi connectivity index (χ1) is 10.8. The minimum atomic E-state index is -5.68. The Morgan fingerprint density at radius 2 is 1.83 bits per heavy atom. The van der Waals surface area contributed by atoms with Crippen molar-refractivity contribution in [3.05, 3.63) is 33.9 Å². The Labute approximate surface area is 141 Å². The molecule has 0 aliphatic rings. The zero-order valence-corrected chi connectivity index (χ0v) is 15.1. The van der Waals surface area contributed by atoms with Crippen LogP contribution in [0, 0.1) is 25.3 Å². The van der Waals surface area contributed by atoms with Crippen LogP contribution in [0.15, 0.2) is 30.3 Å². The van der Waals surface area contributed by atoms with Crippen LogP contribution in [0.5, 0.6) is 0 Å². The molecule has 0 aliphatic carbocycles. The molecule has 0 radical (unpaired) electrons. The minimum absolute atomic E-state index is 0.354. The van der Waals surface area contributed by atoms with Gasteiger partial charge in [0, 0.05) is 0 Å². The molecule has 0 spiro atoms. The second-order valence-corrected chi connectivity index (χ2v) is 9.91. The summed E-state index contributed by atoms with van der Waals surface area (Å²) in [6, 6.07) is 7.82. The molecule has 0 fully saturated rings. The number of benzene rings is 1. The van der Waals surface area contributed by atoms with Crippen LogP contribution in [-0.4, -0.2) is 13.9 Å². The normalized spacial score (nSPS) is 11.7. The van der Waals surface area contributed by atoms with Gasteiger partial charge in [0.25, 0.3) is 0 Å². The molecule has 1 aromatic carbocycles. The topological polar surface area (TPSA) is 43.4 Å². The van der Waals surface area contributed by atoms with Crippen LogP contribution in [0.1, 0.15) is 26.2 Å². The number of hydrogen-bond donors (Lipinski definition) is 0. The van der Waals surface area contributed by atoms with Crippen molar-refractivity contribution in [1.82, 2.24) is 0 Å². The Morgan fingerprint density at radius 1 is 1.17 bits per heavy atom. The van der Waals surface area contributed by atoms with E-state index in [2.05, 4.69) is 24.2 Å². The van der Waals surface area contributed by atoms with Gasteiger partial charge in [0.1, 0.15) is 0 Å². The van der Waals surface area contributed by atoms with Gasteiger partial charge < -0.3 is 0 Å². The van der Waals surface area contributed by atoms with E-state index >= 15 is 0 Å². The van der Waals surface area contributed by atoms with E-state index in [9.17, 15) is 21.6 Å². The first-order valence-corrected chi connectivity index (χ1v) is 11.0. The Kier molecular flexibility index (Phi) is 7.89. The molecule has 23 heavy (non-hydrogen) atoms. The summed E-state index contributed by atoms with van der Waals surface area (Å²) in [6.45, 7) is 2.00. The molecular formula is C15H14F3IO3S. The molecule has 0 aliphatic heterocycles. The summed E-state index contributed by atoms with van der Waals surface area (Å²) in [5.41, 5.74) is -5.47. The van der Waals surface area contributed by atoms with Crippen molar-refractivity contribution in [2.75, 3.05) is 0 Å². The summed E-state index contributed by atoms with van der Waals surface area (Å²) in [5.74, 6) is 7.70. The van der Waals surface area contributed by atoms with Gasteiger partial charge in [-0.05, 0) is 0 Å². The second-order valence-electron chi connectivity index (χ2n) is 4.13. The zero-order chi connectivity index (χ0) is 17.3. The van der Waals surface area contributed by atoms with Gasteiger partial charge >= 0.3 is 142 Å². The van der Waals surface area contributed by atoms with Crippen LogP contribution in [0.25, 0.3) is 0 Å². The van der Waals surface area contributed by atoms with E-state index in [4.69, 9.17) is 0 Å². The van der Waals surface area contributed by atoms with Gasteiger partial charge in [-0.25, -0.2) is 0 Å². The molecule has 0 saturated heterocycles. The van der Waals surface area contributed by atoms with Crippen molar-refractivity contribution in [2.45, 2.75) is 31.7 Å². The Balaban J connectivity index is 3.01. The van der Waals surface area contributed by atoms with Gasteiger partial charge in [0.15, 0.2) is 0 Å². The first-order valence-electron chi connectivity index (χ1n) is 6.52. The van der Waals surface area contributed by atoms with E-state index < -0.39 is 35.9 Å². The Morgan fingerprint density at radius 3 is 2.39 bits per heavy atom. The molecule has 0 amide bonds. The van der Waals surface area contributed by atoms with Gasteiger partial charge in [-0.15, -0.1) is 0 Å². The monoisotopic (exact) mass is 458 g/mol. The summed E-state index contributed by atoms with van der Waals surface area (Å²) >= 11 is -3.35. The average molecular weight is 458 g/mol. The summed E-state index contributed by atoms with van der Waals surface area (Å²) in [4.78, 5) is 0. The molecule has 0 atom stereocenters. The maximum atomic E-state index is 12.5. The third-order valence-electron chi connectivity index (χ3n) is 2.30. The van der Waals surface area contributed by atoms with Gasteiger partial charge in [-0.3, -0.25) is 0 Å². The van der Waals surface area contributed by atoms with Gasteiger partial charge in [-0.2, -0.15) is 0 Å². The van der Waals surface area contributed by atoms with Crippen molar-refractivity contribution in [3.8, 4) is 21.7 Å². The van der Waals surface area contributed by atoms with Crippen LogP contribution in [0.4, 0.5) is 13.2 Å². The quantitative estimate of drug-likeness (QED) is 0.286. The van der Waals surface area contributed by atoms with Gasteiger partial charge in [0.2, 0.25) is 0 Å². The van der Waals surface area contributed by atoms with Gasteiger partial charge in [-0.1, -0.05) is 0 Å². The van der Waals surface area contributed by atoms with Crippen molar-refractivity contribution in [3.63, 3.8) is 0 Å². The number of unbranched alkanes of at least 4 members (excludes halogenated alkanes) is 2. The molecule has 8 heteroatoms. The predicted molar refractivity (Wildman–Crippen MR) is 90.3 cm³/mol. The second kappa shape index (κ2) is 9.16. The molecule has 0 saturated carbocycles. The molecule has 0 bridgehead atoms. The third-order valence-corrected chi connectivity index (χ3v) is 8.27. The Bertz CT molecular complexity index is 722. The fourth-order valence-electron chi connectivity index (χ4n) is 1.19.